The molecule has 0 unspecified atom stereocenters. The van der Waals surface area contributed by atoms with Crippen LogP contribution < -0.4 is 0 Å². The fourth-order valence-corrected chi connectivity index (χ4v) is 2.10. The predicted octanol–water partition coefficient (Wildman–Crippen LogP) is 3.46. The second-order valence-corrected chi connectivity index (χ2v) is 3.65. The van der Waals surface area contributed by atoms with Gasteiger partial charge in [-0.3, -0.25) is 0 Å². The Morgan fingerprint density at radius 1 is 0.714 bits per heavy atom. The first kappa shape index (κ1) is 7.81. The van der Waals surface area contributed by atoms with Crippen molar-refractivity contribution in [2.45, 2.75) is 6.42 Å². The van der Waals surface area contributed by atoms with E-state index in [9.17, 15) is 0 Å². The molecule has 0 saturated heterocycles. The van der Waals surface area contributed by atoms with Crippen LogP contribution >= 0.6 is 0 Å². The minimum atomic E-state index is 1.06. The summed E-state index contributed by atoms with van der Waals surface area (Å²) in [6.45, 7) is 0. The lowest BCUT2D eigenvalue weighted by atomic mass is 9.86. The molecule has 0 heteroatoms. The van der Waals surface area contributed by atoms with E-state index in [4.69, 9.17) is 0 Å². The summed E-state index contributed by atoms with van der Waals surface area (Å²) < 4.78 is 0. The maximum Gasteiger partial charge on any atom is -0.00428 e. The van der Waals surface area contributed by atoms with Crippen LogP contribution in [0.15, 0.2) is 48.5 Å². The number of hydrogen-bond donors (Lipinski definition) is 0. The molecule has 0 aliphatic heterocycles. The topological polar surface area (TPSA) is 0 Å². The fourth-order valence-electron chi connectivity index (χ4n) is 2.10. The van der Waals surface area contributed by atoms with Crippen molar-refractivity contribution in [3.63, 3.8) is 0 Å². The zero-order chi connectivity index (χ0) is 9.38. The van der Waals surface area contributed by atoms with Gasteiger partial charge in [0, 0.05) is 0 Å². The minimum Gasteiger partial charge on any atom is -0.0620 e. The first-order chi connectivity index (χ1) is 6.95. The highest BCUT2D eigenvalue weighted by atomic mass is 14.2. The second-order valence-electron chi connectivity index (χ2n) is 3.65. The van der Waals surface area contributed by atoms with Crippen LogP contribution in [0.4, 0.5) is 0 Å². The van der Waals surface area contributed by atoms with E-state index in [1.54, 1.807) is 0 Å². The van der Waals surface area contributed by atoms with Gasteiger partial charge in [-0.05, 0) is 35.1 Å². The van der Waals surface area contributed by atoms with Crippen LogP contribution in [0.5, 0.6) is 0 Å². The number of hydrogen-bond acceptors (Lipinski definition) is 0. The highest BCUT2D eigenvalue weighted by molar-refractivity contribution is 5.74. The van der Waals surface area contributed by atoms with Crippen LogP contribution in [-0.2, 0) is 6.42 Å². The highest BCUT2D eigenvalue weighted by Crippen LogP contribution is 2.33. The molecule has 0 heterocycles. The third-order valence-corrected chi connectivity index (χ3v) is 2.81. The Morgan fingerprint density at radius 3 is 2.36 bits per heavy atom. The van der Waals surface area contributed by atoms with E-state index in [1.165, 1.54) is 22.3 Å². The quantitative estimate of drug-likeness (QED) is 0.581. The molecule has 14 heavy (non-hydrogen) atoms. The molecule has 3 rings (SSSR count). The second kappa shape index (κ2) is 2.98. The van der Waals surface area contributed by atoms with Gasteiger partial charge in [0.1, 0.15) is 0 Å². The first-order valence-corrected chi connectivity index (χ1v) is 4.96. The van der Waals surface area contributed by atoms with Crippen LogP contribution in [-0.4, -0.2) is 0 Å². The SMILES string of the molecule is [CH]1Cc2ccccc2-c2ccccc21. The van der Waals surface area contributed by atoms with E-state index in [0.717, 1.165) is 6.42 Å². The molecular weight excluding hydrogens is 168 g/mol. The van der Waals surface area contributed by atoms with Crippen molar-refractivity contribution < 1.29 is 0 Å². The average molecular weight is 179 g/mol. The van der Waals surface area contributed by atoms with Gasteiger partial charge in [0.2, 0.25) is 0 Å². The Balaban J connectivity index is 2.29. The summed E-state index contributed by atoms with van der Waals surface area (Å²) in [5.41, 5.74) is 5.57. The summed E-state index contributed by atoms with van der Waals surface area (Å²) in [5, 5.41) is 0. The van der Waals surface area contributed by atoms with Gasteiger partial charge < -0.3 is 0 Å². The maximum absolute atomic E-state index is 2.30. The number of rotatable bonds is 0. The van der Waals surface area contributed by atoms with Gasteiger partial charge in [-0.1, -0.05) is 48.5 Å². The molecule has 0 bridgehead atoms. The van der Waals surface area contributed by atoms with Gasteiger partial charge >= 0.3 is 0 Å². The number of benzene rings is 2. The van der Waals surface area contributed by atoms with Crippen molar-refractivity contribution >= 4 is 0 Å². The molecule has 67 valence electrons. The summed E-state index contributed by atoms with van der Waals surface area (Å²) in [5.74, 6) is 0. The van der Waals surface area contributed by atoms with E-state index < -0.39 is 0 Å². The molecule has 0 amide bonds. The van der Waals surface area contributed by atoms with Crippen molar-refractivity contribution in [3.8, 4) is 11.1 Å². The molecule has 0 fully saturated rings. The monoisotopic (exact) mass is 179 g/mol. The standard InChI is InChI=1S/C14H11/c1-3-7-13-11(5-1)9-10-12-6-2-4-8-14(12)13/h1-9H,10H2. The summed E-state index contributed by atoms with van der Waals surface area (Å²) >= 11 is 0. The largest absolute Gasteiger partial charge is 0.0620 e. The van der Waals surface area contributed by atoms with Gasteiger partial charge in [0.25, 0.3) is 0 Å². The van der Waals surface area contributed by atoms with Crippen LogP contribution in [0.2, 0.25) is 0 Å². The molecule has 2 aromatic rings. The van der Waals surface area contributed by atoms with Crippen LogP contribution in [0.3, 0.4) is 0 Å². The predicted molar refractivity (Wildman–Crippen MR) is 59.0 cm³/mol. The zero-order valence-electron chi connectivity index (χ0n) is 7.90. The Hall–Kier alpha value is -1.56. The molecular formula is C14H11. The van der Waals surface area contributed by atoms with Gasteiger partial charge in [-0.15, -0.1) is 0 Å². The fraction of sp³-hybridized carbons (Fsp3) is 0.0714. The highest BCUT2D eigenvalue weighted by Gasteiger charge is 2.13. The molecule has 0 spiro atoms. The Labute approximate surface area is 84.2 Å². The lowest BCUT2D eigenvalue weighted by Gasteiger charge is -2.18. The van der Waals surface area contributed by atoms with Gasteiger partial charge in [-0.2, -0.15) is 0 Å². The molecule has 1 radical (unpaired) electrons. The molecule has 0 saturated carbocycles. The molecule has 0 N–H and O–H groups in total. The summed E-state index contributed by atoms with van der Waals surface area (Å²) in [6.07, 6.45) is 3.37. The third-order valence-electron chi connectivity index (χ3n) is 2.81. The lowest BCUT2D eigenvalue weighted by Crippen LogP contribution is -2.00. The Morgan fingerprint density at radius 2 is 1.43 bits per heavy atom. The zero-order valence-corrected chi connectivity index (χ0v) is 7.90. The van der Waals surface area contributed by atoms with Crippen molar-refractivity contribution in [3.05, 3.63) is 66.1 Å². The Kier molecular flexibility index (Phi) is 1.66. The molecule has 0 aromatic heterocycles. The van der Waals surface area contributed by atoms with Crippen LogP contribution in [0.25, 0.3) is 11.1 Å². The smallest absolute Gasteiger partial charge is 0.00428 e. The summed E-state index contributed by atoms with van der Waals surface area (Å²) in [6, 6.07) is 17.2. The third kappa shape index (κ3) is 1.07. The van der Waals surface area contributed by atoms with E-state index in [2.05, 4.69) is 55.0 Å². The van der Waals surface area contributed by atoms with Crippen molar-refractivity contribution in [2.75, 3.05) is 0 Å². The van der Waals surface area contributed by atoms with Crippen molar-refractivity contribution in [1.29, 1.82) is 0 Å². The molecule has 1 aliphatic rings. The number of fused-ring (bicyclic) bond motifs is 3. The van der Waals surface area contributed by atoms with E-state index in [1.807, 2.05) is 0 Å². The van der Waals surface area contributed by atoms with Gasteiger partial charge in [0.05, 0.1) is 0 Å². The lowest BCUT2D eigenvalue weighted by molar-refractivity contribution is 1.14. The summed E-state index contributed by atoms with van der Waals surface area (Å²) in [4.78, 5) is 0. The Bertz CT molecular complexity index is 423. The first-order valence-electron chi connectivity index (χ1n) is 4.96. The minimum absolute atomic E-state index is 1.06. The maximum atomic E-state index is 2.30. The normalized spacial score (nSPS) is 13.1. The average Bonchev–Trinajstić information content (AvgIpc) is 2.29. The molecule has 0 nitrogen and oxygen atoms in total. The molecule has 2 aromatic carbocycles. The van der Waals surface area contributed by atoms with E-state index in [-0.39, 0.29) is 0 Å². The van der Waals surface area contributed by atoms with Gasteiger partial charge in [0.15, 0.2) is 0 Å². The molecule has 0 atom stereocenters. The van der Waals surface area contributed by atoms with Crippen LogP contribution in [0.1, 0.15) is 11.1 Å². The molecule has 1 aliphatic carbocycles. The summed E-state index contributed by atoms with van der Waals surface area (Å²) in [7, 11) is 0. The van der Waals surface area contributed by atoms with Crippen LogP contribution in [0, 0.1) is 6.42 Å². The van der Waals surface area contributed by atoms with E-state index in [0.29, 0.717) is 0 Å². The van der Waals surface area contributed by atoms with Crippen molar-refractivity contribution in [2.24, 2.45) is 0 Å². The van der Waals surface area contributed by atoms with E-state index >= 15 is 0 Å². The van der Waals surface area contributed by atoms with Crippen molar-refractivity contribution in [1.82, 2.24) is 0 Å². The van der Waals surface area contributed by atoms with Gasteiger partial charge in [-0.25, -0.2) is 0 Å².